The van der Waals surface area contributed by atoms with E-state index in [0.29, 0.717) is 24.4 Å². The third kappa shape index (κ3) is 6.08. The number of carbonyl (C=O) groups is 1. The van der Waals surface area contributed by atoms with Crippen LogP contribution in [0.2, 0.25) is 0 Å². The van der Waals surface area contributed by atoms with Gasteiger partial charge in [-0.2, -0.15) is 0 Å². The van der Waals surface area contributed by atoms with Gasteiger partial charge >= 0.3 is 0 Å². The molecule has 186 valence electrons. The average Bonchev–Trinajstić information content (AvgIpc) is 3.02. The summed E-state index contributed by atoms with van der Waals surface area (Å²) in [6.45, 7) is 12.7. The highest BCUT2D eigenvalue weighted by molar-refractivity contribution is 8.93. The quantitative estimate of drug-likeness (QED) is 0.430. The number of hydrogen-bond donors (Lipinski definition) is 3. The first kappa shape index (κ1) is 28.1. The smallest absolute Gasteiger partial charge is 0.182 e. The lowest BCUT2D eigenvalue weighted by Crippen LogP contribution is -2.33. The molecule has 0 radical (unpaired) electrons. The fourth-order valence-corrected chi connectivity index (χ4v) is 4.64. The number of carbonyl (C=O) groups excluding carboxylic acids is 1. The largest absolute Gasteiger partial charge is 0.507 e. The molecular formula is C28H39BrN2O3. The van der Waals surface area contributed by atoms with Gasteiger partial charge in [0.05, 0.1) is 6.54 Å². The molecule has 6 heteroatoms. The molecule has 3 N–H and O–H groups in total. The van der Waals surface area contributed by atoms with Crippen LogP contribution >= 0.6 is 17.0 Å². The second-order valence-corrected chi connectivity index (χ2v) is 11.3. The number of likely N-dealkylation sites (tertiary alicyclic amines) is 1. The van der Waals surface area contributed by atoms with Crippen molar-refractivity contribution in [1.82, 2.24) is 4.90 Å². The van der Waals surface area contributed by atoms with Crippen molar-refractivity contribution in [2.24, 2.45) is 11.8 Å². The van der Waals surface area contributed by atoms with E-state index < -0.39 is 0 Å². The van der Waals surface area contributed by atoms with Crippen LogP contribution in [-0.2, 0) is 17.3 Å². The van der Waals surface area contributed by atoms with Crippen LogP contribution in [0.1, 0.15) is 68.6 Å². The first-order valence-corrected chi connectivity index (χ1v) is 11.7. The van der Waals surface area contributed by atoms with Crippen LogP contribution in [0, 0.1) is 17.2 Å². The first-order valence-electron chi connectivity index (χ1n) is 11.7. The molecule has 0 spiro atoms. The summed E-state index contributed by atoms with van der Waals surface area (Å²) in [4.78, 5) is 15.2. The van der Waals surface area contributed by atoms with Crippen LogP contribution in [0.25, 0.3) is 0 Å². The normalized spacial score (nSPS) is 18.7. The summed E-state index contributed by atoms with van der Waals surface area (Å²) in [7, 11) is 0. The molecule has 1 saturated heterocycles. The lowest BCUT2D eigenvalue weighted by molar-refractivity contribution is 0.0959. The number of amidine groups is 1. The van der Waals surface area contributed by atoms with E-state index in [4.69, 9.17) is 5.41 Å². The highest BCUT2D eigenvalue weighted by Gasteiger charge is 2.38. The Morgan fingerprint density at radius 1 is 1.03 bits per heavy atom. The highest BCUT2D eigenvalue weighted by atomic mass is 79.9. The van der Waals surface area contributed by atoms with Crippen molar-refractivity contribution in [2.45, 2.75) is 58.8 Å². The van der Waals surface area contributed by atoms with Crippen LogP contribution in [0.4, 0.5) is 0 Å². The van der Waals surface area contributed by atoms with Gasteiger partial charge in [-0.25, -0.2) is 0 Å². The summed E-state index contributed by atoms with van der Waals surface area (Å²) < 4.78 is 0. The van der Waals surface area contributed by atoms with Gasteiger partial charge in [0, 0.05) is 41.7 Å². The maximum atomic E-state index is 13.4. The molecule has 0 amide bonds. The lowest BCUT2D eigenvalue weighted by Gasteiger charge is -2.28. The number of ketones is 1. The molecule has 0 aliphatic carbocycles. The summed E-state index contributed by atoms with van der Waals surface area (Å²) >= 11 is 0. The standard InChI is InChI=1S/C28H38N2O3.BrH/c1-27(2,3)22-13-19(14-23(25(22)33)28(4,5)6)24(32)16-30-15-20(17-31)21(26(30)29)12-18-10-8-7-9-11-18;/h7-11,13-14,20-21,29,31,33H,12,15-17H2,1-6H3;1H. The van der Waals surface area contributed by atoms with Crippen molar-refractivity contribution in [2.75, 3.05) is 19.7 Å². The van der Waals surface area contributed by atoms with Crippen molar-refractivity contribution in [3.63, 3.8) is 0 Å². The monoisotopic (exact) mass is 530 g/mol. The Labute approximate surface area is 214 Å². The third-order valence-corrected chi connectivity index (χ3v) is 6.63. The molecular weight excluding hydrogens is 492 g/mol. The van der Waals surface area contributed by atoms with Gasteiger partial charge < -0.3 is 15.1 Å². The Balaban J connectivity index is 0.00000408. The fourth-order valence-electron chi connectivity index (χ4n) is 4.64. The van der Waals surface area contributed by atoms with E-state index in [9.17, 15) is 15.0 Å². The van der Waals surface area contributed by atoms with Crippen LogP contribution < -0.4 is 0 Å². The number of rotatable bonds is 6. The van der Waals surface area contributed by atoms with E-state index in [0.717, 1.165) is 16.7 Å². The summed E-state index contributed by atoms with van der Waals surface area (Å²) in [6, 6.07) is 13.6. The number of aliphatic hydroxyl groups is 1. The molecule has 34 heavy (non-hydrogen) atoms. The Kier molecular flexibility index (Phi) is 8.76. The van der Waals surface area contributed by atoms with Crippen molar-refractivity contribution in [3.05, 3.63) is 64.7 Å². The van der Waals surface area contributed by atoms with Gasteiger partial charge in [0.1, 0.15) is 11.6 Å². The van der Waals surface area contributed by atoms with Crippen molar-refractivity contribution < 1.29 is 15.0 Å². The second kappa shape index (κ2) is 10.6. The second-order valence-electron chi connectivity index (χ2n) is 11.3. The van der Waals surface area contributed by atoms with E-state index in [1.165, 1.54) is 0 Å². The van der Waals surface area contributed by atoms with Gasteiger partial charge in [-0.05, 0) is 34.9 Å². The van der Waals surface area contributed by atoms with Crippen LogP contribution in [-0.4, -0.2) is 46.4 Å². The van der Waals surface area contributed by atoms with Crippen molar-refractivity contribution in [1.29, 1.82) is 5.41 Å². The van der Waals surface area contributed by atoms with E-state index >= 15 is 0 Å². The molecule has 1 heterocycles. The van der Waals surface area contributed by atoms with Crippen LogP contribution in [0.15, 0.2) is 42.5 Å². The molecule has 1 aliphatic heterocycles. The van der Waals surface area contributed by atoms with Gasteiger partial charge in [0.25, 0.3) is 0 Å². The predicted molar refractivity (Wildman–Crippen MR) is 144 cm³/mol. The number of halogens is 1. The minimum absolute atomic E-state index is 0. The zero-order valence-electron chi connectivity index (χ0n) is 21.2. The molecule has 0 saturated carbocycles. The Morgan fingerprint density at radius 3 is 2.03 bits per heavy atom. The summed E-state index contributed by atoms with van der Waals surface area (Å²) in [5.74, 6) is 0.412. The third-order valence-electron chi connectivity index (χ3n) is 6.63. The maximum Gasteiger partial charge on any atom is 0.182 e. The first-order chi connectivity index (χ1) is 15.3. The highest BCUT2D eigenvalue weighted by Crippen LogP contribution is 2.40. The fraction of sp³-hybridized carbons (Fsp3) is 0.500. The summed E-state index contributed by atoms with van der Waals surface area (Å²) in [5, 5.41) is 29.6. The van der Waals surface area contributed by atoms with Gasteiger partial charge in [0.15, 0.2) is 5.78 Å². The van der Waals surface area contributed by atoms with E-state index in [-0.39, 0.29) is 64.3 Å². The maximum absolute atomic E-state index is 13.4. The van der Waals surface area contributed by atoms with E-state index in [1.807, 2.05) is 71.9 Å². The van der Waals surface area contributed by atoms with Gasteiger partial charge in [-0.15, -0.1) is 17.0 Å². The minimum Gasteiger partial charge on any atom is -0.507 e. The SMILES string of the molecule is Br.CC(C)(C)c1cc(C(=O)CN2CC(CO)C(Cc3ccccc3)C2=N)cc(C(C)(C)C)c1O. The van der Waals surface area contributed by atoms with Crippen LogP contribution in [0.3, 0.4) is 0 Å². The predicted octanol–water partition coefficient (Wildman–Crippen LogP) is 5.51. The number of aliphatic hydroxyl groups excluding tert-OH is 1. The molecule has 1 fully saturated rings. The number of benzene rings is 2. The Morgan fingerprint density at radius 2 is 1.56 bits per heavy atom. The molecule has 2 unspecified atom stereocenters. The number of Topliss-reactive ketones (excluding diaryl/α,β-unsaturated/α-hetero) is 1. The molecule has 1 aliphatic rings. The summed E-state index contributed by atoms with van der Waals surface area (Å²) in [5.41, 5.74) is 2.56. The van der Waals surface area contributed by atoms with Gasteiger partial charge in [-0.3, -0.25) is 10.2 Å². The number of hydrogen-bond acceptors (Lipinski definition) is 4. The molecule has 2 atom stereocenters. The molecule has 5 nitrogen and oxygen atoms in total. The van der Waals surface area contributed by atoms with Crippen LogP contribution in [0.5, 0.6) is 5.75 Å². The molecule has 0 bridgehead atoms. The van der Waals surface area contributed by atoms with E-state index in [1.54, 1.807) is 17.0 Å². The van der Waals surface area contributed by atoms with Gasteiger partial charge in [-0.1, -0.05) is 71.9 Å². The summed E-state index contributed by atoms with van der Waals surface area (Å²) in [6.07, 6.45) is 0.678. The average molecular weight is 532 g/mol. The minimum atomic E-state index is -0.316. The topological polar surface area (TPSA) is 84.6 Å². The molecule has 0 aromatic heterocycles. The Hall–Kier alpha value is -2.18. The van der Waals surface area contributed by atoms with Gasteiger partial charge in [0.2, 0.25) is 0 Å². The number of aromatic hydroxyl groups is 1. The number of nitrogens with one attached hydrogen (secondary N) is 1. The van der Waals surface area contributed by atoms with Crippen molar-refractivity contribution >= 4 is 28.6 Å². The Bertz CT molecular complexity index is 987. The zero-order chi connectivity index (χ0) is 24.6. The molecule has 2 aromatic rings. The lowest BCUT2D eigenvalue weighted by atomic mass is 9.78. The number of phenols is 1. The number of phenolic OH excluding ortho intramolecular Hbond substituents is 1. The van der Waals surface area contributed by atoms with Crippen molar-refractivity contribution in [3.8, 4) is 5.75 Å². The number of nitrogens with zero attached hydrogens (tertiary/aromatic N) is 1. The zero-order valence-corrected chi connectivity index (χ0v) is 22.9. The van der Waals surface area contributed by atoms with E-state index in [2.05, 4.69) is 0 Å². The molecule has 2 aromatic carbocycles. The molecule has 3 rings (SSSR count).